The summed E-state index contributed by atoms with van der Waals surface area (Å²) in [6.45, 7) is 2.29. The largest absolute Gasteiger partial charge is 0.492 e. The number of carbonyl (C=O) groups is 1. The maximum absolute atomic E-state index is 11.1. The molecule has 0 aliphatic carbocycles. The molecular weight excluding hydrogens is 515 g/mol. The molecule has 0 saturated carbocycles. The lowest BCUT2D eigenvalue weighted by Crippen LogP contribution is -2.43. The van der Waals surface area contributed by atoms with Crippen molar-refractivity contribution >= 4 is 55.9 Å². The molecule has 1 aliphatic rings. The molecular formula is C28H26Cl2N2O3S. The first-order chi connectivity index (χ1) is 17.4. The number of piperidine rings is 1. The third-order valence-corrected chi connectivity index (χ3v) is 8.53. The van der Waals surface area contributed by atoms with E-state index < -0.39 is 5.97 Å². The highest BCUT2D eigenvalue weighted by atomic mass is 35.5. The van der Waals surface area contributed by atoms with Crippen LogP contribution in [-0.2, 0) is 16.6 Å². The second-order valence-corrected chi connectivity index (χ2v) is 11.0. The Labute approximate surface area is 224 Å². The molecule has 1 N–H and O–H groups in total. The second kappa shape index (κ2) is 10.7. The van der Waals surface area contributed by atoms with Gasteiger partial charge in [-0.25, -0.2) is 4.98 Å². The molecule has 5 nitrogen and oxygen atoms in total. The highest BCUT2D eigenvalue weighted by Gasteiger charge is 2.37. The van der Waals surface area contributed by atoms with Crippen molar-refractivity contribution in [2.45, 2.75) is 31.1 Å². The lowest BCUT2D eigenvalue weighted by atomic mass is 9.70. The number of carboxylic acid groups (broad SMARTS) is 1. The summed E-state index contributed by atoms with van der Waals surface area (Å²) in [5.74, 6) is -0.349. The molecule has 0 spiro atoms. The first kappa shape index (κ1) is 24.9. The maximum Gasteiger partial charge on any atom is 0.307 e. The third kappa shape index (κ3) is 5.46. The topological polar surface area (TPSA) is 62.7 Å². The van der Waals surface area contributed by atoms with Gasteiger partial charge in [-0.05, 0) is 60.7 Å². The Morgan fingerprint density at radius 3 is 2.58 bits per heavy atom. The van der Waals surface area contributed by atoms with E-state index >= 15 is 0 Å². The number of aromatic nitrogens is 1. The number of aliphatic carboxylic acids is 1. The second-order valence-electron chi connectivity index (χ2n) is 9.18. The Bertz CT molecular complexity index is 1370. The minimum absolute atomic E-state index is 0.0249. The smallest absolute Gasteiger partial charge is 0.307 e. The van der Waals surface area contributed by atoms with Gasteiger partial charge in [-0.2, -0.15) is 0 Å². The summed E-state index contributed by atoms with van der Waals surface area (Å²) in [6, 6.07) is 21.6. The zero-order valence-electron chi connectivity index (χ0n) is 19.6. The lowest BCUT2D eigenvalue weighted by molar-refractivity contribution is -0.136. The Kier molecular flexibility index (Phi) is 7.37. The van der Waals surface area contributed by atoms with Crippen molar-refractivity contribution in [3.05, 3.63) is 87.9 Å². The number of rotatable bonds is 8. The van der Waals surface area contributed by atoms with E-state index in [-0.39, 0.29) is 11.8 Å². The zero-order chi connectivity index (χ0) is 25.1. The van der Waals surface area contributed by atoms with Crippen molar-refractivity contribution < 1.29 is 14.6 Å². The van der Waals surface area contributed by atoms with Crippen molar-refractivity contribution in [2.75, 3.05) is 24.6 Å². The molecule has 36 heavy (non-hydrogen) atoms. The van der Waals surface area contributed by atoms with E-state index in [0.717, 1.165) is 52.7 Å². The van der Waals surface area contributed by atoms with Crippen molar-refractivity contribution in [2.24, 2.45) is 0 Å². The summed E-state index contributed by atoms with van der Waals surface area (Å²) in [7, 11) is 0. The first-order valence-corrected chi connectivity index (χ1v) is 13.5. The molecule has 1 fully saturated rings. The lowest BCUT2D eigenvalue weighted by Gasteiger charge is -2.42. The van der Waals surface area contributed by atoms with Gasteiger partial charge in [0.05, 0.1) is 28.3 Å². The molecule has 0 unspecified atom stereocenters. The number of halogens is 2. The van der Waals surface area contributed by atoms with Crippen LogP contribution >= 0.6 is 34.5 Å². The summed E-state index contributed by atoms with van der Waals surface area (Å²) >= 11 is 14.2. The highest BCUT2D eigenvalue weighted by molar-refractivity contribution is 7.22. The quantitative estimate of drug-likeness (QED) is 0.255. The highest BCUT2D eigenvalue weighted by Crippen LogP contribution is 2.41. The molecule has 5 rings (SSSR count). The molecule has 0 bridgehead atoms. The van der Waals surface area contributed by atoms with Gasteiger partial charge in [0.2, 0.25) is 0 Å². The predicted octanol–water partition coefficient (Wildman–Crippen LogP) is 7.24. The molecule has 1 aliphatic heterocycles. The monoisotopic (exact) mass is 540 g/mol. The van der Waals surface area contributed by atoms with Crippen LogP contribution in [0.5, 0.6) is 5.75 Å². The average Bonchev–Trinajstić information content (AvgIpc) is 3.30. The van der Waals surface area contributed by atoms with Crippen molar-refractivity contribution in [1.82, 2.24) is 4.98 Å². The first-order valence-electron chi connectivity index (χ1n) is 11.9. The van der Waals surface area contributed by atoms with E-state index in [4.69, 9.17) is 38.0 Å². The zero-order valence-corrected chi connectivity index (χ0v) is 22.0. The number of ether oxygens (including phenoxy) is 1. The maximum atomic E-state index is 11.1. The van der Waals surface area contributed by atoms with Gasteiger partial charge in [0.25, 0.3) is 0 Å². The fourth-order valence-corrected chi connectivity index (χ4v) is 6.39. The van der Waals surface area contributed by atoms with Crippen LogP contribution in [0.2, 0.25) is 10.0 Å². The minimum atomic E-state index is -0.880. The Morgan fingerprint density at radius 2 is 1.83 bits per heavy atom. The summed E-state index contributed by atoms with van der Waals surface area (Å²) in [6.07, 6.45) is 2.72. The van der Waals surface area contributed by atoms with Gasteiger partial charge in [0.15, 0.2) is 5.13 Å². The molecule has 2 heterocycles. The van der Waals surface area contributed by atoms with Gasteiger partial charge in [-0.15, -0.1) is 0 Å². The number of fused-ring (bicyclic) bond motifs is 1. The number of anilines is 1. The Hall–Kier alpha value is -2.80. The number of thiazole rings is 1. The van der Waals surface area contributed by atoms with Crippen LogP contribution in [0, 0.1) is 0 Å². The van der Waals surface area contributed by atoms with Crippen LogP contribution in [0.3, 0.4) is 0 Å². The summed E-state index contributed by atoms with van der Waals surface area (Å²) in [4.78, 5) is 18.3. The molecule has 8 heteroatoms. The molecule has 0 radical (unpaired) electrons. The van der Waals surface area contributed by atoms with Crippen LogP contribution in [0.25, 0.3) is 10.2 Å². The van der Waals surface area contributed by atoms with Crippen LogP contribution < -0.4 is 9.64 Å². The van der Waals surface area contributed by atoms with E-state index in [1.807, 2.05) is 24.3 Å². The SMILES string of the molecule is O=C(O)Cc1ccc(Cl)c(OCCC2(c3ccccc3)CCN(c3nc4ccc(Cl)cc4s3)CC2)c1. The van der Waals surface area contributed by atoms with Gasteiger partial charge < -0.3 is 14.7 Å². The fourth-order valence-electron chi connectivity index (χ4n) is 4.92. The van der Waals surface area contributed by atoms with E-state index in [2.05, 4.69) is 29.2 Å². The number of hydrogen-bond acceptors (Lipinski definition) is 5. The normalized spacial score (nSPS) is 15.2. The fraction of sp³-hybridized carbons (Fsp3) is 0.286. The molecule has 0 amide bonds. The number of hydrogen-bond donors (Lipinski definition) is 1. The minimum Gasteiger partial charge on any atom is -0.492 e. The van der Waals surface area contributed by atoms with Gasteiger partial charge >= 0.3 is 5.97 Å². The molecule has 4 aromatic rings. The Morgan fingerprint density at radius 1 is 1.06 bits per heavy atom. The molecule has 186 valence electrons. The average molecular weight is 542 g/mol. The van der Waals surface area contributed by atoms with Crippen molar-refractivity contribution in [3.8, 4) is 5.75 Å². The van der Waals surface area contributed by atoms with Crippen LogP contribution in [0.1, 0.15) is 30.4 Å². The molecule has 3 aromatic carbocycles. The number of nitrogens with zero attached hydrogens (tertiary/aromatic N) is 2. The molecule has 1 aromatic heterocycles. The van der Waals surface area contributed by atoms with E-state index in [1.165, 1.54) is 5.56 Å². The third-order valence-electron chi connectivity index (χ3n) is 6.91. The standard InChI is InChI=1S/C28H26Cl2N2O3S/c29-21-7-9-23-25(18-21)36-27(31-23)32-13-10-28(11-14-32,20-4-2-1-3-5-20)12-15-35-24-16-19(17-26(33)34)6-8-22(24)30/h1-9,16,18H,10-15,17H2,(H,33,34). The van der Waals surface area contributed by atoms with Crippen molar-refractivity contribution in [3.63, 3.8) is 0 Å². The summed E-state index contributed by atoms with van der Waals surface area (Å²) in [5, 5.41) is 11.4. The number of benzene rings is 3. The van der Waals surface area contributed by atoms with E-state index in [9.17, 15) is 4.79 Å². The van der Waals surface area contributed by atoms with Crippen LogP contribution in [-0.4, -0.2) is 35.8 Å². The molecule has 1 saturated heterocycles. The van der Waals surface area contributed by atoms with E-state index in [0.29, 0.717) is 22.9 Å². The number of carboxylic acids is 1. The van der Waals surface area contributed by atoms with Crippen LogP contribution in [0.15, 0.2) is 66.7 Å². The summed E-state index contributed by atoms with van der Waals surface area (Å²) < 4.78 is 7.21. The van der Waals surface area contributed by atoms with Gasteiger partial charge in [0, 0.05) is 23.5 Å². The predicted molar refractivity (Wildman–Crippen MR) is 147 cm³/mol. The van der Waals surface area contributed by atoms with Crippen LogP contribution in [0.4, 0.5) is 5.13 Å². The molecule has 0 atom stereocenters. The summed E-state index contributed by atoms with van der Waals surface area (Å²) in [5.41, 5.74) is 2.94. The van der Waals surface area contributed by atoms with Gasteiger partial charge in [-0.3, -0.25) is 4.79 Å². The van der Waals surface area contributed by atoms with E-state index in [1.54, 1.807) is 29.5 Å². The van der Waals surface area contributed by atoms with Gasteiger partial charge in [0.1, 0.15) is 5.75 Å². The van der Waals surface area contributed by atoms with Gasteiger partial charge in [-0.1, -0.05) is 70.9 Å². The van der Waals surface area contributed by atoms with Crippen molar-refractivity contribution in [1.29, 1.82) is 0 Å². The Balaban J connectivity index is 1.31.